The van der Waals surface area contributed by atoms with E-state index in [1.165, 1.54) is 22.0 Å². The van der Waals surface area contributed by atoms with Crippen LogP contribution < -0.4 is 10.6 Å². The van der Waals surface area contributed by atoms with Gasteiger partial charge in [0.15, 0.2) is 5.96 Å². The molecule has 2 heterocycles. The van der Waals surface area contributed by atoms with Gasteiger partial charge in [-0.2, -0.15) is 0 Å². The molecule has 1 aromatic carbocycles. The van der Waals surface area contributed by atoms with Crippen LogP contribution in [-0.2, 0) is 11.2 Å². The Morgan fingerprint density at radius 2 is 2.21 bits per heavy atom. The van der Waals surface area contributed by atoms with Gasteiger partial charge in [-0.25, -0.2) is 0 Å². The summed E-state index contributed by atoms with van der Waals surface area (Å²) in [6.07, 6.45) is 3.28. The van der Waals surface area contributed by atoms with Crippen LogP contribution in [0.4, 0.5) is 0 Å². The Morgan fingerprint density at radius 3 is 3.00 bits per heavy atom. The molecule has 28 heavy (non-hydrogen) atoms. The van der Waals surface area contributed by atoms with Crippen molar-refractivity contribution < 1.29 is 4.74 Å². The van der Waals surface area contributed by atoms with Crippen LogP contribution >= 0.6 is 0 Å². The van der Waals surface area contributed by atoms with E-state index in [0.717, 1.165) is 51.7 Å². The van der Waals surface area contributed by atoms with Crippen molar-refractivity contribution in [2.24, 2.45) is 10.9 Å². The number of hydrogen-bond acceptors (Lipinski definition) is 3. The lowest BCUT2D eigenvalue weighted by atomic mass is 10.1. The summed E-state index contributed by atoms with van der Waals surface area (Å²) in [5.41, 5.74) is 3.86. The van der Waals surface area contributed by atoms with Crippen LogP contribution in [0.15, 0.2) is 29.4 Å². The van der Waals surface area contributed by atoms with Crippen LogP contribution in [0.2, 0.25) is 0 Å². The lowest BCUT2D eigenvalue weighted by molar-refractivity contribution is -0.0284. The van der Waals surface area contributed by atoms with Crippen molar-refractivity contribution in [1.82, 2.24) is 20.5 Å². The van der Waals surface area contributed by atoms with Gasteiger partial charge in [-0.15, -0.1) is 0 Å². The van der Waals surface area contributed by atoms with Gasteiger partial charge >= 0.3 is 0 Å². The van der Waals surface area contributed by atoms with Crippen LogP contribution in [0.25, 0.3) is 10.9 Å². The van der Waals surface area contributed by atoms with Crippen LogP contribution in [0.1, 0.15) is 25.0 Å². The molecule has 1 aliphatic rings. The summed E-state index contributed by atoms with van der Waals surface area (Å²) in [4.78, 5) is 10.2. The van der Waals surface area contributed by atoms with E-state index in [0.29, 0.717) is 5.92 Å². The monoisotopic (exact) mass is 385 g/mol. The fraction of sp³-hybridized carbons (Fsp3) is 0.591. The molecule has 1 atom stereocenters. The highest BCUT2D eigenvalue weighted by atomic mass is 16.5. The van der Waals surface area contributed by atoms with Crippen molar-refractivity contribution in [3.63, 3.8) is 0 Å². The molecule has 0 bridgehead atoms. The van der Waals surface area contributed by atoms with Crippen molar-refractivity contribution in [2.45, 2.75) is 33.3 Å². The van der Waals surface area contributed by atoms with Crippen LogP contribution in [0.5, 0.6) is 0 Å². The standard InChI is InChI=1S/C22H35N5O/c1-16(2)14-27-10-11-28-19(15-27)13-26-22(23-4)24-9-8-18-12-25-21-17(3)6-5-7-20(18)21/h5-7,12,16,19,25H,8-11,13-15H2,1-4H3,(H2,23,24,26). The Labute approximate surface area is 168 Å². The largest absolute Gasteiger partial charge is 0.374 e. The van der Waals surface area contributed by atoms with E-state index in [4.69, 9.17) is 4.74 Å². The zero-order valence-electron chi connectivity index (χ0n) is 17.7. The number of ether oxygens (including phenoxy) is 1. The van der Waals surface area contributed by atoms with E-state index >= 15 is 0 Å². The van der Waals surface area contributed by atoms with Gasteiger partial charge < -0.3 is 20.4 Å². The summed E-state index contributed by atoms with van der Waals surface area (Å²) in [6.45, 7) is 12.3. The second-order valence-electron chi connectivity index (χ2n) is 8.09. The average Bonchev–Trinajstić information content (AvgIpc) is 3.09. The van der Waals surface area contributed by atoms with Gasteiger partial charge in [0.2, 0.25) is 0 Å². The normalized spacial score (nSPS) is 18.8. The quantitative estimate of drug-likeness (QED) is 0.506. The van der Waals surface area contributed by atoms with Gasteiger partial charge in [0.05, 0.1) is 12.7 Å². The molecule has 3 N–H and O–H groups in total. The number of aromatic amines is 1. The van der Waals surface area contributed by atoms with Crippen molar-refractivity contribution in [1.29, 1.82) is 0 Å². The van der Waals surface area contributed by atoms with Gasteiger partial charge in [0, 0.05) is 56.9 Å². The minimum Gasteiger partial charge on any atom is -0.374 e. The number of morpholine rings is 1. The molecule has 6 heteroatoms. The van der Waals surface area contributed by atoms with Gasteiger partial charge in [-0.1, -0.05) is 32.0 Å². The Bertz CT molecular complexity index is 782. The van der Waals surface area contributed by atoms with E-state index in [9.17, 15) is 0 Å². The number of guanidine groups is 1. The summed E-state index contributed by atoms with van der Waals surface area (Å²) >= 11 is 0. The summed E-state index contributed by atoms with van der Waals surface area (Å²) in [5, 5.41) is 8.16. The third kappa shape index (κ3) is 5.49. The third-order valence-electron chi connectivity index (χ3n) is 5.26. The first-order chi connectivity index (χ1) is 13.6. The highest BCUT2D eigenvalue weighted by molar-refractivity contribution is 5.86. The SMILES string of the molecule is CN=C(NCCc1c[nH]c2c(C)cccc12)NCC1CN(CC(C)C)CCO1. The van der Waals surface area contributed by atoms with Gasteiger partial charge in [0.1, 0.15) is 0 Å². The summed E-state index contributed by atoms with van der Waals surface area (Å²) in [5.74, 6) is 1.52. The highest BCUT2D eigenvalue weighted by Crippen LogP contribution is 2.21. The number of nitrogens with zero attached hydrogens (tertiary/aromatic N) is 2. The highest BCUT2D eigenvalue weighted by Gasteiger charge is 2.21. The van der Waals surface area contributed by atoms with E-state index in [1.807, 2.05) is 7.05 Å². The maximum atomic E-state index is 5.92. The number of H-pyrrole nitrogens is 1. The summed E-state index contributed by atoms with van der Waals surface area (Å²) in [7, 11) is 1.82. The van der Waals surface area contributed by atoms with Crippen molar-refractivity contribution in [3.8, 4) is 0 Å². The number of aryl methyl sites for hydroxylation is 1. The Kier molecular flexibility index (Phi) is 7.34. The lowest BCUT2D eigenvalue weighted by Crippen LogP contribution is -2.50. The van der Waals surface area contributed by atoms with Crippen molar-refractivity contribution in [2.75, 3.05) is 46.4 Å². The van der Waals surface area contributed by atoms with Crippen LogP contribution in [0, 0.1) is 12.8 Å². The van der Waals surface area contributed by atoms with Crippen LogP contribution in [-0.4, -0.2) is 68.3 Å². The first-order valence-corrected chi connectivity index (χ1v) is 10.4. The molecule has 2 aromatic rings. The molecule has 3 rings (SSSR count). The molecule has 1 aromatic heterocycles. The number of aliphatic imine (C=N–C) groups is 1. The van der Waals surface area contributed by atoms with Gasteiger partial charge in [-0.05, 0) is 30.4 Å². The average molecular weight is 386 g/mol. The zero-order valence-corrected chi connectivity index (χ0v) is 17.7. The van der Waals surface area contributed by atoms with E-state index in [2.05, 4.69) is 70.7 Å². The molecule has 0 aliphatic carbocycles. The van der Waals surface area contributed by atoms with E-state index < -0.39 is 0 Å². The number of hydrogen-bond donors (Lipinski definition) is 3. The molecule has 0 amide bonds. The molecule has 1 fully saturated rings. The predicted octanol–water partition coefficient (Wildman–Crippen LogP) is 2.54. The number of benzene rings is 1. The van der Waals surface area contributed by atoms with E-state index in [1.54, 1.807) is 0 Å². The molecule has 6 nitrogen and oxygen atoms in total. The fourth-order valence-electron chi connectivity index (χ4n) is 3.90. The molecule has 0 saturated carbocycles. The molecule has 1 aliphatic heterocycles. The Morgan fingerprint density at radius 1 is 1.36 bits per heavy atom. The molecule has 0 radical (unpaired) electrons. The minimum absolute atomic E-state index is 0.211. The molecule has 0 spiro atoms. The maximum absolute atomic E-state index is 5.92. The van der Waals surface area contributed by atoms with Crippen LogP contribution in [0.3, 0.4) is 0 Å². The number of nitrogens with one attached hydrogen (secondary N) is 3. The second kappa shape index (κ2) is 9.94. The molecular formula is C22H35N5O. The van der Waals surface area contributed by atoms with Gasteiger partial charge in [0.25, 0.3) is 0 Å². The number of para-hydroxylation sites is 1. The number of fused-ring (bicyclic) bond motifs is 1. The Balaban J connectivity index is 1.44. The first kappa shape index (κ1) is 20.7. The molecular weight excluding hydrogens is 350 g/mol. The fourth-order valence-corrected chi connectivity index (χ4v) is 3.90. The number of aromatic nitrogens is 1. The third-order valence-corrected chi connectivity index (χ3v) is 5.26. The molecule has 1 unspecified atom stereocenters. The second-order valence-corrected chi connectivity index (χ2v) is 8.09. The number of rotatable bonds is 7. The summed E-state index contributed by atoms with van der Waals surface area (Å²) in [6, 6.07) is 6.45. The smallest absolute Gasteiger partial charge is 0.191 e. The van der Waals surface area contributed by atoms with Crippen molar-refractivity contribution >= 4 is 16.9 Å². The maximum Gasteiger partial charge on any atom is 0.191 e. The minimum atomic E-state index is 0.211. The Hall–Kier alpha value is -2.05. The summed E-state index contributed by atoms with van der Waals surface area (Å²) < 4.78 is 5.92. The topological polar surface area (TPSA) is 64.7 Å². The van der Waals surface area contributed by atoms with Gasteiger partial charge in [-0.3, -0.25) is 9.89 Å². The predicted molar refractivity (Wildman–Crippen MR) is 117 cm³/mol. The molecule has 1 saturated heterocycles. The first-order valence-electron chi connectivity index (χ1n) is 10.4. The van der Waals surface area contributed by atoms with E-state index in [-0.39, 0.29) is 6.10 Å². The van der Waals surface area contributed by atoms with Crippen molar-refractivity contribution in [3.05, 3.63) is 35.5 Å². The lowest BCUT2D eigenvalue weighted by Gasteiger charge is -2.34. The zero-order chi connectivity index (χ0) is 19.9. The molecule has 154 valence electrons.